The standard InChI is InChI=1S/C15H17N2O7S/c18-7-10-11(19)12(20)13(21)14(24-10)16-5-6-25-15(16)8-1-3-9(4-2-8)17(22)23/h1-6,10-14,18-21H,7H2/q+1/t10-,11-,12+,13-,14?/m0/s1. The number of aromatic nitrogens is 1. The summed E-state index contributed by atoms with van der Waals surface area (Å²) in [7, 11) is 0. The lowest BCUT2D eigenvalue weighted by Crippen LogP contribution is -2.62. The van der Waals surface area contributed by atoms with Gasteiger partial charge >= 0.3 is 0 Å². The SMILES string of the molecule is O=[N+]([O-])c1ccc(-c2scc[n+]2C2O[C@@H](CO)[C@H](O)[C@@H](O)[C@@H]2O)cc1. The zero-order valence-electron chi connectivity index (χ0n) is 12.9. The van der Waals surface area contributed by atoms with Gasteiger partial charge in [-0.15, -0.1) is 0 Å². The number of benzene rings is 1. The van der Waals surface area contributed by atoms with Gasteiger partial charge in [0.2, 0.25) is 0 Å². The summed E-state index contributed by atoms with van der Waals surface area (Å²) in [5.41, 5.74) is 0.622. The fourth-order valence-electron chi connectivity index (χ4n) is 2.74. The van der Waals surface area contributed by atoms with Crippen molar-refractivity contribution >= 4 is 17.0 Å². The maximum Gasteiger partial charge on any atom is 0.293 e. The van der Waals surface area contributed by atoms with Gasteiger partial charge in [-0.05, 0) is 12.1 Å². The van der Waals surface area contributed by atoms with Crippen molar-refractivity contribution < 1.29 is 34.7 Å². The van der Waals surface area contributed by atoms with Gasteiger partial charge in [0.25, 0.3) is 16.9 Å². The molecule has 1 aromatic carbocycles. The Labute approximate surface area is 146 Å². The van der Waals surface area contributed by atoms with Crippen molar-refractivity contribution in [2.24, 2.45) is 0 Å². The van der Waals surface area contributed by atoms with Gasteiger partial charge in [-0.2, -0.15) is 4.57 Å². The van der Waals surface area contributed by atoms with E-state index in [0.717, 1.165) is 0 Å². The normalized spacial score (nSPS) is 29.5. The predicted octanol–water partition coefficient (Wildman–Crippen LogP) is -0.417. The van der Waals surface area contributed by atoms with Crippen molar-refractivity contribution in [3.8, 4) is 10.6 Å². The van der Waals surface area contributed by atoms with Gasteiger partial charge in [-0.25, -0.2) is 0 Å². The first-order valence-electron chi connectivity index (χ1n) is 7.48. The molecule has 0 aliphatic carbocycles. The minimum atomic E-state index is -1.48. The third-order valence-corrected chi connectivity index (χ3v) is 5.03. The largest absolute Gasteiger partial charge is 0.394 e. The zero-order valence-corrected chi connectivity index (χ0v) is 13.7. The van der Waals surface area contributed by atoms with Gasteiger partial charge in [-0.1, -0.05) is 11.3 Å². The van der Waals surface area contributed by atoms with E-state index in [4.69, 9.17) is 4.74 Å². The molecular weight excluding hydrogens is 352 g/mol. The maximum atomic E-state index is 10.8. The summed E-state index contributed by atoms with van der Waals surface area (Å²) in [5.74, 6) is 0. The van der Waals surface area contributed by atoms with E-state index in [2.05, 4.69) is 0 Å². The molecule has 3 rings (SSSR count). The molecule has 0 saturated carbocycles. The molecular formula is C15H17N2O7S+. The van der Waals surface area contributed by atoms with Crippen molar-refractivity contribution in [1.82, 2.24) is 0 Å². The first kappa shape index (κ1) is 17.9. The molecule has 1 saturated heterocycles. The highest BCUT2D eigenvalue weighted by molar-refractivity contribution is 7.12. The van der Waals surface area contributed by atoms with Crippen LogP contribution in [0.1, 0.15) is 6.23 Å². The van der Waals surface area contributed by atoms with Crippen LogP contribution in [-0.2, 0) is 4.74 Å². The molecule has 25 heavy (non-hydrogen) atoms. The number of nitro groups is 1. The van der Waals surface area contributed by atoms with E-state index >= 15 is 0 Å². The molecule has 0 amide bonds. The number of aliphatic hydroxyl groups is 4. The Morgan fingerprint density at radius 2 is 1.84 bits per heavy atom. The highest BCUT2D eigenvalue weighted by Crippen LogP contribution is 2.29. The minimum absolute atomic E-state index is 0.0419. The molecule has 1 aliphatic rings. The molecule has 0 spiro atoms. The Kier molecular flexibility index (Phi) is 5.08. The van der Waals surface area contributed by atoms with Gasteiger partial charge in [0, 0.05) is 12.1 Å². The zero-order chi connectivity index (χ0) is 18.1. The number of rotatable bonds is 4. The molecule has 1 aromatic heterocycles. The molecule has 2 heterocycles. The number of aliphatic hydroxyl groups excluding tert-OH is 4. The number of hydrogen-bond acceptors (Lipinski definition) is 8. The molecule has 1 unspecified atom stereocenters. The van der Waals surface area contributed by atoms with Crippen molar-refractivity contribution in [1.29, 1.82) is 0 Å². The average molecular weight is 369 g/mol. The lowest BCUT2D eigenvalue weighted by Gasteiger charge is -2.36. The lowest BCUT2D eigenvalue weighted by molar-refractivity contribution is -0.766. The highest BCUT2D eigenvalue weighted by atomic mass is 32.1. The molecule has 5 atom stereocenters. The molecule has 2 aromatic rings. The number of nitro benzene ring substituents is 1. The van der Waals surface area contributed by atoms with Gasteiger partial charge in [0.1, 0.15) is 18.3 Å². The van der Waals surface area contributed by atoms with Crippen LogP contribution in [0.25, 0.3) is 10.6 Å². The van der Waals surface area contributed by atoms with E-state index in [1.807, 2.05) is 0 Å². The van der Waals surface area contributed by atoms with Crippen LogP contribution in [0.5, 0.6) is 0 Å². The number of non-ortho nitro benzene ring substituents is 1. The molecule has 0 radical (unpaired) electrons. The van der Waals surface area contributed by atoms with Crippen LogP contribution < -0.4 is 4.57 Å². The van der Waals surface area contributed by atoms with Gasteiger partial charge in [-0.3, -0.25) is 10.1 Å². The second-order valence-corrected chi connectivity index (χ2v) is 6.53. The topological polar surface area (TPSA) is 137 Å². The minimum Gasteiger partial charge on any atom is -0.394 e. The number of hydrogen-bond donors (Lipinski definition) is 4. The van der Waals surface area contributed by atoms with Gasteiger partial charge in [0.15, 0.2) is 12.3 Å². The van der Waals surface area contributed by atoms with Crippen LogP contribution in [-0.4, -0.2) is 56.4 Å². The molecule has 4 N–H and O–H groups in total. The highest BCUT2D eigenvalue weighted by Gasteiger charge is 2.49. The summed E-state index contributed by atoms with van der Waals surface area (Å²) in [6.07, 6.45) is -4.72. The summed E-state index contributed by atoms with van der Waals surface area (Å²) in [6.45, 7) is -0.515. The first-order valence-corrected chi connectivity index (χ1v) is 8.36. The van der Waals surface area contributed by atoms with E-state index in [1.165, 1.54) is 23.5 Å². The smallest absolute Gasteiger partial charge is 0.293 e. The fourth-order valence-corrected chi connectivity index (χ4v) is 3.62. The van der Waals surface area contributed by atoms with Crippen LogP contribution in [0.3, 0.4) is 0 Å². The summed E-state index contributed by atoms with van der Waals surface area (Å²) < 4.78 is 7.11. The van der Waals surface area contributed by atoms with Crippen LogP contribution >= 0.6 is 11.3 Å². The molecule has 1 fully saturated rings. The summed E-state index contributed by atoms with van der Waals surface area (Å²) in [5, 5.41) is 52.5. The molecule has 1 aliphatic heterocycles. The molecule has 9 nitrogen and oxygen atoms in total. The second-order valence-electron chi connectivity index (χ2n) is 5.64. The van der Waals surface area contributed by atoms with Crippen molar-refractivity contribution in [2.75, 3.05) is 6.61 Å². The van der Waals surface area contributed by atoms with E-state index in [9.17, 15) is 30.5 Å². The summed E-state index contributed by atoms with van der Waals surface area (Å²) in [4.78, 5) is 10.3. The molecule has 134 valence electrons. The van der Waals surface area contributed by atoms with Crippen molar-refractivity contribution in [3.63, 3.8) is 0 Å². The quantitative estimate of drug-likeness (QED) is 0.326. The fraction of sp³-hybridized carbons (Fsp3) is 0.400. The van der Waals surface area contributed by atoms with Crippen LogP contribution in [0.15, 0.2) is 35.8 Å². The van der Waals surface area contributed by atoms with E-state index in [1.54, 1.807) is 28.3 Å². The Bertz CT molecular complexity index is 749. The van der Waals surface area contributed by atoms with Crippen LogP contribution in [0.4, 0.5) is 5.69 Å². The Morgan fingerprint density at radius 3 is 2.44 bits per heavy atom. The maximum absolute atomic E-state index is 10.8. The average Bonchev–Trinajstić information content (AvgIpc) is 3.09. The second kappa shape index (κ2) is 7.12. The third kappa shape index (κ3) is 3.27. The summed E-state index contributed by atoms with van der Waals surface area (Å²) in [6, 6.07) is 5.88. The third-order valence-electron chi connectivity index (χ3n) is 4.10. The summed E-state index contributed by atoms with van der Waals surface area (Å²) >= 11 is 1.32. The monoisotopic (exact) mass is 369 g/mol. The van der Waals surface area contributed by atoms with Crippen LogP contribution in [0, 0.1) is 10.1 Å². The predicted molar refractivity (Wildman–Crippen MR) is 85.6 cm³/mol. The van der Waals surface area contributed by atoms with Crippen molar-refractivity contribution in [3.05, 3.63) is 46.0 Å². The van der Waals surface area contributed by atoms with Crippen LogP contribution in [0.2, 0.25) is 0 Å². The molecule has 0 bridgehead atoms. The number of thiazole rings is 1. The lowest BCUT2D eigenvalue weighted by atomic mass is 9.98. The van der Waals surface area contributed by atoms with E-state index in [-0.39, 0.29) is 5.69 Å². The Morgan fingerprint density at radius 1 is 1.16 bits per heavy atom. The Hall–Kier alpha value is -1.95. The number of ether oxygens (including phenoxy) is 1. The first-order chi connectivity index (χ1) is 11.9. The van der Waals surface area contributed by atoms with Crippen molar-refractivity contribution in [2.45, 2.75) is 30.6 Å². The Balaban J connectivity index is 1.94. The number of nitrogens with zero attached hydrogens (tertiary/aromatic N) is 2. The van der Waals surface area contributed by atoms with Gasteiger partial charge in [0.05, 0.1) is 22.5 Å². The van der Waals surface area contributed by atoms with E-state index < -0.39 is 42.2 Å². The molecule has 10 heteroatoms. The van der Waals surface area contributed by atoms with Gasteiger partial charge < -0.3 is 25.2 Å². The van der Waals surface area contributed by atoms with E-state index in [0.29, 0.717) is 10.6 Å².